The molecule has 0 aliphatic carbocycles. The van der Waals surface area contributed by atoms with E-state index < -0.39 is 18.5 Å². The minimum atomic E-state index is -0.662. The van der Waals surface area contributed by atoms with Crippen LogP contribution in [0.3, 0.4) is 0 Å². The second kappa shape index (κ2) is 9.91. The van der Waals surface area contributed by atoms with E-state index in [9.17, 15) is 14.4 Å². The SMILES string of the molecule is CCOC(=O)c1[nH]c(C)c(C(=O)OCC(=O)N[C@@H](CC)c2ccc(C)cc2)c1C. The van der Waals surface area contributed by atoms with Gasteiger partial charge in [0.1, 0.15) is 5.69 Å². The predicted molar refractivity (Wildman–Crippen MR) is 109 cm³/mol. The molecule has 2 aromatic rings. The minimum absolute atomic E-state index is 0.159. The van der Waals surface area contributed by atoms with E-state index in [-0.39, 0.29) is 29.8 Å². The highest BCUT2D eigenvalue weighted by molar-refractivity contribution is 5.99. The number of ether oxygens (including phenoxy) is 2. The van der Waals surface area contributed by atoms with Gasteiger partial charge in [-0.2, -0.15) is 0 Å². The molecule has 0 saturated carbocycles. The molecule has 156 valence electrons. The first-order chi connectivity index (χ1) is 13.8. The zero-order chi connectivity index (χ0) is 21.6. The number of carbonyl (C=O) groups is 3. The van der Waals surface area contributed by atoms with E-state index in [1.54, 1.807) is 20.8 Å². The standard InChI is InChI=1S/C22H28N2O5/c1-6-17(16-10-8-13(3)9-11-16)24-18(25)12-29-21(26)19-14(4)20(23-15(19)5)22(27)28-7-2/h8-11,17,23H,6-7,12H2,1-5H3,(H,24,25)/t17-/m0/s1. The molecule has 1 amide bonds. The van der Waals surface area contributed by atoms with E-state index in [1.807, 2.05) is 38.1 Å². The summed E-state index contributed by atoms with van der Waals surface area (Å²) in [5, 5.41) is 2.88. The number of hydrogen-bond donors (Lipinski definition) is 2. The number of esters is 2. The highest BCUT2D eigenvalue weighted by atomic mass is 16.5. The number of hydrogen-bond acceptors (Lipinski definition) is 5. The zero-order valence-corrected chi connectivity index (χ0v) is 17.5. The third-order valence-corrected chi connectivity index (χ3v) is 4.68. The Morgan fingerprint density at radius 3 is 2.24 bits per heavy atom. The third-order valence-electron chi connectivity index (χ3n) is 4.68. The lowest BCUT2D eigenvalue weighted by atomic mass is 10.0. The molecule has 7 heteroatoms. The number of aromatic amines is 1. The van der Waals surface area contributed by atoms with Crippen molar-refractivity contribution in [1.29, 1.82) is 0 Å². The molecule has 1 heterocycles. The summed E-state index contributed by atoms with van der Waals surface area (Å²) in [5.41, 5.74) is 3.52. The number of benzene rings is 1. The molecule has 1 aromatic heterocycles. The highest BCUT2D eigenvalue weighted by Crippen LogP contribution is 2.20. The van der Waals surface area contributed by atoms with Gasteiger partial charge >= 0.3 is 11.9 Å². The Labute approximate surface area is 170 Å². The molecule has 0 aliphatic rings. The maximum atomic E-state index is 12.5. The van der Waals surface area contributed by atoms with Crippen LogP contribution in [0.15, 0.2) is 24.3 Å². The van der Waals surface area contributed by atoms with Crippen molar-refractivity contribution < 1.29 is 23.9 Å². The van der Waals surface area contributed by atoms with Crippen LogP contribution in [0.1, 0.15) is 69.5 Å². The molecule has 0 saturated heterocycles. The minimum Gasteiger partial charge on any atom is -0.461 e. The Morgan fingerprint density at radius 2 is 1.66 bits per heavy atom. The smallest absolute Gasteiger partial charge is 0.355 e. The van der Waals surface area contributed by atoms with E-state index in [2.05, 4.69) is 10.3 Å². The largest absolute Gasteiger partial charge is 0.461 e. The normalized spacial score (nSPS) is 11.6. The monoisotopic (exact) mass is 400 g/mol. The van der Waals surface area contributed by atoms with E-state index in [4.69, 9.17) is 9.47 Å². The van der Waals surface area contributed by atoms with Crippen molar-refractivity contribution in [2.45, 2.75) is 47.1 Å². The molecule has 7 nitrogen and oxygen atoms in total. The molecule has 2 rings (SSSR count). The van der Waals surface area contributed by atoms with Gasteiger partial charge in [-0.1, -0.05) is 36.8 Å². The Hall–Kier alpha value is -3.09. The second-order valence-electron chi connectivity index (χ2n) is 6.86. The average Bonchev–Trinajstić information content (AvgIpc) is 2.99. The number of aromatic nitrogens is 1. The van der Waals surface area contributed by atoms with Crippen LogP contribution >= 0.6 is 0 Å². The van der Waals surface area contributed by atoms with Gasteiger partial charge in [0, 0.05) is 5.69 Å². The van der Waals surface area contributed by atoms with Crippen molar-refractivity contribution in [2.24, 2.45) is 0 Å². The van der Waals surface area contributed by atoms with Crippen molar-refractivity contribution >= 4 is 17.8 Å². The topological polar surface area (TPSA) is 97.5 Å². The summed E-state index contributed by atoms with van der Waals surface area (Å²) < 4.78 is 10.2. The molecular formula is C22H28N2O5. The maximum absolute atomic E-state index is 12.5. The zero-order valence-electron chi connectivity index (χ0n) is 17.5. The molecular weight excluding hydrogens is 372 g/mol. The second-order valence-corrected chi connectivity index (χ2v) is 6.86. The van der Waals surface area contributed by atoms with E-state index in [1.165, 1.54) is 0 Å². The first-order valence-electron chi connectivity index (χ1n) is 9.67. The number of rotatable bonds is 8. The summed E-state index contributed by atoms with van der Waals surface area (Å²) in [6.07, 6.45) is 0.710. The predicted octanol–water partition coefficient (Wildman–Crippen LogP) is 3.54. The quantitative estimate of drug-likeness (QED) is 0.661. The summed E-state index contributed by atoms with van der Waals surface area (Å²) in [4.78, 5) is 39.6. The number of carbonyl (C=O) groups excluding carboxylic acids is 3. The van der Waals surface area contributed by atoms with Gasteiger partial charge in [0.05, 0.1) is 18.2 Å². The van der Waals surface area contributed by atoms with Crippen LogP contribution in [-0.4, -0.2) is 36.0 Å². The summed E-state index contributed by atoms with van der Waals surface area (Å²) in [5.74, 6) is -1.58. The first-order valence-corrected chi connectivity index (χ1v) is 9.67. The number of nitrogens with one attached hydrogen (secondary N) is 2. The Morgan fingerprint density at radius 1 is 1.00 bits per heavy atom. The Bertz CT molecular complexity index is 883. The lowest BCUT2D eigenvalue weighted by Crippen LogP contribution is -2.32. The van der Waals surface area contributed by atoms with Gasteiger partial charge in [-0.15, -0.1) is 0 Å². The number of aryl methyl sites for hydroxylation is 2. The molecule has 0 spiro atoms. The molecule has 29 heavy (non-hydrogen) atoms. The van der Waals surface area contributed by atoms with Gasteiger partial charge in [-0.3, -0.25) is 4.79 Å². The molecule has 1 aromatic carbocycles. The van der Waals surface area contributed by atoms with Crippen LogP contribution in [0.4, 0.5) is 0 Å². The summed E-state index contributed by atoms with van der Waals surface area (Å²) in [7, 11) is 0. The fourth-order valence-corrected chi connectivity index (χ4v) is 3.12. The Kier molecular flexibility index (Phi) is 7.59. The van der Waals surface area contributed by atoms with Crippen molar-refractivity contribution in [1.82, 2.24) is 10.3 Å². The highest BCUT2D eigenvalue weighted by Gasteiger charge is 2.24. The van der Waals surface area contributed by atoms with Gasteiger partial charge in [-0.05, 0) is 45.2 Å². The summed E-state index contributed by atoms with van der Waals surface area (Å²) in [6, 6.07) is 7.76. The van der Waals surface area contributed by atoms with Crippen LogP contribution in [0.5, 0.6) is 0 Å². The first kappa shape index (κ1) is 22.2. The van der Waals surface area contributed by atoms with E-state index in [0.29, 0.717) is 17.7 Å². The van der Waals surface area contributed by atoms with E-state index >= 15 is 0 Å². The van der Waals surface area contributed by atoms with Gasteiger partial charge < -0.3 is 19.8 Å². The van der Waals surface area contributed by atoms with Crippen molar-refractivity contribution in [3.63, 3.8) is 0 Å². The molecule has 2 N–H and O–H groups in total. The third kappa shape index (κ3) is 5.47. The molecule has 0 radical (unpaired) electrons. The molecule has 0 unspecified atom stereocenters. The molecule has 0 aliphatic heterocycles. The lowest BCUT2D eigenvalue weighted by Gasteiger charge is -2.17. The van der Waals surface area contributed by atoms with Crippen LogP contribution < -0.4 is 5.32 Å². The lowest BCUT2D eigenvalue weighted by molar-refractivity contribution is -0.125. The molecule has 0 fully saturated rings. The van der Waals surface area contributed by atoms with Crippen molar-refractivity contribution in [3.8, 4) is 0 Å². The van der Waals surface area contributed by atoms with Gasteiger partial charge in [0.2, 0.25) is 0 Å². The van der Waals surface area contributed by atoms with Gasteiger partial charge in [0.25, 0.3) is 5.91 Å². The van der Waals surface area contributed by atoms with Crippen LogP contribution in [0, 0.1) is 20.8 Å². The summed E-state index contributed by atoms with van der Waals surface area (Å²) >= 11 is 0. The van der Waals surface area contributed by atoms with Crippen molar-refractivity contribution in [3.05, 3.63) is 57.9 Å². The van der Waals surface area contributed by atoms with Crippen LogP contribution in [-0.2, 0) is 14.3 Å². The van der Waals surface area contributed by atoms with E-state index in [0.717, 1.165) is 11.1 Å². The molecule has 0 bridgehead atoms. The molecule has 1 atom stereocenters. The number of amides is 1. The number of H-pyrrole nitrogens is 1. The van der Waals surface area contributed by atoms with Crippen molar-refractivity contribution in [2.75, 3.05) is 13.2 Å². The Balaban J connectivity index is 2.00. The fraction of sp³-hybridized carbons (Fsp3) is 0.409. The summed E-state index contributed by atoms with van der Waals surface area (Å²) in [6.45, 7) is 8.81. The van der Waals surface area contributed by atoms with Crippen LogP contribution in [0.25, 0.3) is 0 Å². The van der Waals surface area contributed by atoms with Gasteiger partial charge in [-0.25, -0.2) is 9.59 Å². The maximum Gasteiger partial charge on any atom is 0.355 e. The average molecular weight is 400 g/mol. The van der Waals surface area contributed by atoms with Gasteiger partial charge in [0.15, 0.2) is 6.61 Å². The van der Waals surface area contributed by atoms with Crippen LogP contribution in [0.2, 0.25) is 0 Å². The fourth-order valence-electron chi connectivity index (χ4n) is 3.12.